The molecule has 0 aliphatic carbocycles. The van der Waals surface area contributed by atoms with Crippen LogP contribution in [0.5, 0.6) is 5.75 Å². The minimum atomic E-state index is -0.510. The predicted octanol–water partition coefficient (Wildman–Crippen LogP) is 4.60. The summed E-state index contributed by atoms with van der Waals surface area (Å²) in [6.07, 6.45) is 3.86. The molecule has 1 unspecified atom stereocenters. The lowest BCUT2D eigenvalue weighted by Gasteiger charge is -2.19. The number of thioether (sulfide) groups is 1. The zero-order chi connectivity index (χ0) is 23.8. The average Bonchev–Trinajstić information content (AvgIpc) is 3.15. The summed E-state index contributed by atoms with van der Waals surface area (Å²) in [6, 6.07) is 17.4. The number of rotatable bonds is 9. The van der Waals surface area contributed by atoms with E-state index in [2.05, 4.69) is 36.5 Å². The summed E-state index contributed by atoms with van der Waals surface area (Å²) in [6.45, 7) is 4.61. The Labute approximate surface area is 199 Å². The molecule has 7 heteroatoms. The third kappa shape index (κ3) is 5.77. The van der Waals surface area contributed by atoms with Crippen LogP contribution in [0.4, 0.5) is 5.69 Å². The van der Waals surface area contributed by atoms with Crippen molar-refractivity contribution in [3.05, 3.63) is 70.3 Å². The van der Waals surface area contributed by atoms with Gasteiger partial charge in [0.2, 0.25) is 5.91 Å². The van der Waals surface area contributed by atoms with Gasteiger partial charge in [-0.1, -0.05) is 49.4 Å². The van der Waals surface area contributed by atoms with E-state index in [1.807, 2.05) is 13.0 Å². The highest BCUT2D eigenvalue weighted by molar-refractivity contribution is 8.05. The van der Waals surface area contributed by atoms with E-state index in [9.17, 15) is 14.9 Å². The van der Waals surface area contributed by atoms with E-state index in [-0.39, 0.29) is 11.5 Å². The maximum Gasteiger partial charge on any atom is 0.264 e. The van der Waals surface area contributed by atoms with Crippen LogP contribution in [-0.4, -0.2) is 30.7 Å². The standard InChI is InChI=1S/C26H29N3O3S/c1-4-6-7-18-8-10-19(11-9-18)16-23-25(31)29(20-12-14-21(15-13-20)32-5-2)26(33-23)22(17-27)24(30)28-3/h8-15,23H,4-7,16H2,1-3H3,(H,28,30)/b26-22-. The van der Waals surface area contributed by atoms with E-state index in [1.54, 1.807) is 24.3 Å². The molecule has 2 aromatic carbocycles. The zero-order valence-corrected chi connectivity index (χ0v) is 20.1. The van der Waals surface area contributed by atoms with E-state index in [4.69, 9.17) is 4.74 Å². The summed E-state index contributed by atoms with van der Waals surface area (Å²) in [5.41, 5.74) is 2.86. The third-order valence-corrected chi connectivity index (χ3v) is 6.66. The number of likely N-dealkylation sites (N-methyl/N-ethyl adjacent to an activating group) is 1. The Morgan fingerprint density at radius 3 is 2.36 bits per heavy atom. The van der Waals surface area contributed by atoms with E-state index >= 15 is 0 Å². The summed E-state index contributed by atoms with van der Waals surface area (Å²) in [5, 5.41) is 12.1. The van der Waals surface area contributed by atoms with E-state index in [0.717, 1.165) is 24.8 Å². The van der Waals surface area contributed by atoms with Crippen LogP contribution in [0.3, 0.4) is 0 Å². The molecular formula is C26H29N3O3S. The van der Waals surface area contributed by atoms with Crippen molar-refractivity contribution in [3.8, 4) is 11.8 Å². The number of nitriles is 1. The van der Waals surface area contributed by atoms with Crippen molar-refractivity contribution in [2.75, 3.05) is 18.6 Å². The second-order valence-electron chi connectivity index (χ2n) is 7.70. The number of aryl methyl sites for hydroxylation is 1. The number of amides is 2. The summed E-state index contributed by atoms with van der Waals surface area (Å²) in [5.74, 6) is 0.0353. The first-order valence-corrected chi connectivity index (χ1v) is 12.1. The van der Waals surface area contributed by atoms with Gasteiger partial charge >= 0.3 is 0 Å². The molecule has 0 saturated carbocycles. The Morgan fingerprint density at radius 2 is 1.79 bits per heavy atom. The van der Waals surface area contributed by atoms with Gasteiger partial charge in [0.05, 0.1) is 11.9 Å². The lowest BCUT2D eigenvalue weighted by atomic mass is 10.0. The van der Waals surface area contributed by atoms with E-state index in [1.165, 1.54) is 29.3 Å². The van der Waals surface area contributed by atoms with Crippen LogP contribution in [0.1, 0.15) is 37.8 Å². The second kappa shape index (κ2) is 11.6. The minimum absolute atomic E-state index is 0.0675. The molecule has 1 aliphatic heterocycles. The van der Waals surface area contributed by atoms with Crippen LogP contribution in [0.25, 0.3) is 0 Å². The first-order chi connectivity index (χ1) is 16.0. The van der Waals surface area contributed by atoms with Crippen molar-refractivity contribution in [2.45, 2.75) is 44.8 Å². The van der Waals surface area contributed by atoms with Crippen LogP contribution in [0, 0.1) is 11.3 Å². The molecule has 33 heavy (non-hydrogen) atoms. The molecule has 0 radical (unpaired) electrons. The number of carbonyl (C=O) groups excluding carboxylic acids is 2. The quantitative estimate of drug-likeness (QED) is 0.434. The van der Waals surface area contributed by atoms with Crippen LogP contribution in [-0.2, 0) is 22.4 Å². The molecule has 1 heterocycles. The van der Waals surface area contributed by atoms with Gasteiger partial charge < -0.3 is 10.1 Å². The number of hydrogen-bond donors (Lipinski definition) is 1. The zero-order valence-electron chi connectivity index (χ0n) is 19.3. The molecule has 1 atom stereocenters. The molecule has 1 fully saturated rings. The fourth-order valence-corrected chi connectivity index (χ4v) is 4.95. The molecule has 172 valence electrons. The van der Waals surface area contributed by atoms with Crippen LogP contribution in [0.15, 0.2) is 59.1 Å². The lowest BCUT2D eigenvalue weighted by molar-refractivity contribution is -0.117. The smallest absolute Gasteiger partial charge is 0.264 e. The van der Waals surface area contributed by atoms with E-state index < -0.39 is 11.2 Å². The van der Waals surface area contributed by atoms with Gasteiger partial charge in [-0.25, -0.2) is 0 Å². The number of benzene rings is 2. The van der Waals surface area contributed by atoms with Gasteiger partial charge in [-0.15, -0.1) is 0 Å². The first-order valence-electron chi connectivity index (χ1n) is 11.2. The van der Waals surface area contributed by atoms with Gasteiger partial charge in [-0.05, 0) is 61.6 Å². The van der Waals surface area contributed by atoms with Crippen molar-refractivity contribution in [1.82, 2.24) is 5.32 Å². The minimum Gasteiger partial charge on any atom is -0.494 e. The molecule has 1 N–H and O–H groups in total. The number of nitrogens with one attached hydrogen (secondary N) is 1. The van der Waals surface area contributed by atoms with Gasteiger partial charge in [0.15, 0.2) is 0 Å². The molecule has 2 amide bonds. The molecule has 0 spiro atoms. The molecule has 3 rings (SSSR count). The van der Waals surface area contributed by atoms with Crippen molar-refractivity contribution in [1.29, 1.82) is 5.26 Å². The predicted molar refractivity (Wildman–Crippen MR) is 132 cm³/mol. The Kier molecular flexibility index (Phi) is 8.56. The van der Waals surface area contributed by atoms with Gasteiger partial charge in [0, 0.05) is 12.7 Å². The number of ether oxygens (including phenoxy) is 1. The Bertz CT molecular complexity index is 1060. The maximum absolute atomic E-state index is 13.5. The van der Waals surface area contributed by atoms with Crippen molar-refractivity contribution in [3.63, 3.8) is 0 Å². The largest absolute Gasteiger partial charge is 0.494 e. The van der Waals surface area contributed by atoms with Crippen molar-refractivity contribution >= 4 is 29.3 Å². The number of anilines is 1. The molecule has 6 nitrogen and oxygen atoms in total. The Balaban J connectivity index is 1.91. The SMILES string of the molecule is CCCCc1ccc(CC2S/C(=C(/C#N)C(=O)NC)N(c3ccc(OCC)cc3)C2=O)cc1. The summed E-state index contributed by atoms with van der Waals surface area (Å²) < 4.78 is 5.50. The third-order valence-electron chi connectivity index (χ3n) is 5.40. The topological polar surface area (TPSA) is 82.4 Å². The highest BCUT2D eigenvalue weighted by atomic mass is 32.2. The number of hydrogen-bond acceptors (Lipinski definition) is 5. The van der Waals surface area contributed by atoms with Crippen LogP contribution >= 0.6 is 11.8 Å². The first kappa shape index (κ1) is 24.4. The average molecular weight is 464 g/mol. The molecule has 2 aromatic rings. The second-order valence-corrected chi connectivity index (χ2v) is 8.89. The van der Waals surface area contributed by atoms with Crippen molar-refractivity contribution in [2.24, 2.45) is 0 Å². The highest BCUT2D eigenvalue weighted by Crippen LogP contribution is 2.42. The van der Waals surface area contributed by atoms with Crippen molar-refractivity contribution < 1.29 is 14.3 Å². The summed E-state index contributed by atoms with van der Waals surface area (Å²) in [7, 11) is 1.47. The normalized spacial score (nSPS) is 17.0. The van der Waals surface area contributed by atoms with Gasteiger partial charge in [-0.2, -0.15) is 5.26 Å². The monoisotopic (exact) mass is 463 g/mol. The molecule has 0 bridgehead atoms. The number of unbranched alkanes of at least 4 members (excludes halogenated alkanes) is 1. The van der Waals surface area contributed by atoms with Gasteiger partial charge in [0.25, 0.3) is 5.91 Å². The number of carbonyl (C=O) groups is 2. The Morgan fingerprint density at radius 1 is 1.12 bits per heavy atom. The highest BCUT2D eigenvalue weighted by Gasteiger charge is 2.40. The Hall–Kier alpha value is -3.24. The number of nitrogens with zero attached hydrogens (tertiary/aromatic N) is 2. The van der Waals surface area contributed by atoms with Crippen LogP contribution < -0.4 is 15.0 Å². The van der Waals surface area contributed by atoms with Gasteiger partial charge in [-0.3, -0.25) is 14.5 Å². The summed E-state index contributed by atoms with van der Waals surface area (Å²) in [4.78, 5) is 27.3. The maximum atomic E-state index is 13.5. The molecule has 0 aromatic heterocycles. The fourth-order valence-electron chi connectivity index (χ4n) is 3.64. The lowest BCUT2D eigenvalue weighted by Crippen LogP contribution is -2.31. The molecule has 1 aliphatic rings. The van der Waals surface area contributed by atoms with E-state index in [0.29, 0.717) is 29.5 Å². The molecular weight excluding hydrogens is 434 g/mol. The fraction of sp³-hybridized carbons (Fsp3) is 0.346. The molecule has 1 saturated heterocycles. The summed E-state index contributed by atoms with van der Waals surface area (Å²) >= 11 is 1.27. The van der Waals surface area contributed by atoms with Crippen LogP contribution in [0.2, 0.25) is 0 Å². The van der Waals surface area contributed by atoms with Gasteiger partial charge in [0.1, 0.15) is 22.4 Å².